The molecule has 1 saturated heterocycles. The molecular weight excluding hydrogens is 761 g/mol. The first-order chi connectivity index (χ1) is 29.0. The Bertz CT molecular complexity index is 1810. The van der Waals surface area contributed by atoms with Crippen molar-refractivity contribution in [3.8, 4) is 0 Å². The average molecular weight is 841 g/mol. The summed E-state index contributed by atoms with van der Waals surface area (Å²) in [5.74, 6) is 2.26. The van der Waals surface area contributed by atoms with Gasteiger partial charge in [-0.05, 0) is 165 Å². The van der Waals surface area contributed by atoms with Crippen molar-refractivity contribution >= 4 is 17.7 Å². The molecule has 0 aromatic heterocycles. The van der Waals surface area contributed by atoms with Crippen molar-refractivity contribution in [2.45, 2.75) is 164 Å². The molecule has 1 heterocycles. The van der Waals surface area contributed by atoms with Crippen LogP contribution >= 0.6 is 0 Å². The van der Waals surface area contributed by atoms with Crippen LogP contribution in [-0.2, 0) is 16.1 Å². The molecule has 9 nitrogen and oxygen atoms in total. The summed E-state index contributed by atoms with van der Waals surface area (Å²) in [5.41, 5.74) is 3.63. The van der Waals surface area contributed by atoms with Gasteiger partial charge in [0.1, 0.15) is 0 Å². The topological polar surface area (TPSA) is 131 Å². The van der Waals surface area contributed by atoms with Gasteiger partial charge in [0.05, 0.1) is 17.6 Å². The number of amides is 3. The SMILES string of the molecule is CC/C=C(\C=C(/C)C(=O)NCc1ccc(C(=O)NCCN2CCC(O)CC2)cc1)CCNC(=O)C12CCCC1C1CCC3C4(C)CCC(O)C(C)(C)C4CCC3(C)[C@]1(C)CC2. The predicted molar refractivity (Wildman–Crippen MR) is 243 cm³/mol. The summed E-state index contributed by atoms with van der Waals surface area (Å²) in [6.07, 6.45) is 19.2. The smallest absolute Gasteiger partial charge is 0.251 e. The van der Waals surface area contributed by atoms with E-state index in [2.05, 4.69) is 68.5 Å². The molecule has 3 amide bonds. The maximum atomic E-state index is 14.5. The second-order valence-corrected chi connectivity index (χ2v) is 21.9. The highest BCUT2D eigenvalue weighted by atomic mass is 16.3. The summed E-state index contributed by atoms with van der Waals surface area (Å²) in [4.78, 5) is 42.7. The highest BCUT2D eigenvalue weighted by Crippen LogP contribution is 2.76. The largest absolute Gasteiger partial charge is 0.393 e. The summed E-state index contributed by atoms with van der Waals surface area (Å²) in [6.45, 7) is 20.5. The second-order valence-electron chi connectivity index (χ2n) is 21.9. The Morgan fingerprint density at radius 2 is 1.51 bits per heavy atom. The molecule has 7 rings (SSSR count). The van der Waals surface area contributed by atoms with E-state index in [0.717, 1.165) is 95.0 Å². The number of hydrogen-bond acceptors (Lipinski definition) is 6. The molecule has 9 atom stereocenters. The molecule has 0 radical (unpaired) electrons. The number of piperidine rings is 1. The Morgan fingerprint density at radius 1 is 0.770 bits per heavy atom. The van der Waals surface area contributed by atoms with Gasteiger partial charge in [-0.1, -0.05) is 72.2 Å². The van der Waals surface area contributed by atoms with Crippen LogP contribution in [0, 0.1) is 50.7 Å². The van der Waals surface area contributed by atoms with Crippen LogP contribution in [-0.4, -0.2) is 77.8 Å². The van der Waals surface area contributed by atoms with Gasteiger partial charge in [0, 0.05) is 50.4 Å². The van der Waals surface area contributed by atoms with Crippen molar-refractivity contribution in [1.82, 2.24) is 20.9 Å². The summed E-state index contributed by atoms with van der Waals surface area (Å²) >= 11 is 0. The van der Waals surface area contributed by atoms with Gasteiger partial charge >= 0.3 is 0 Å². The molecule has 5 saturated carbocycles. The van der Waals surface area contributed by atoms with Crippen LogP contribution < -0.4 is 16.0 Å². The number of rotatable bonds is 13. The summed E-state index contributed by atoms with van der Waals surface area (Å²) in [7, 11) is 0. The van der Waals surface area contributed by atoms with Gasteiger partial charge in [-0.25, -0.2) is 0 Å². The summed E-state index contributed by atoms with van der Waals surface area (Å²) < 4.78 is 0. The Kier molecular flexibility index (Phi) is 13.7. The first kappa shape index (κ1) is 46.0. The molecular formula is C52H80N4O5. The predicted octanol–water partition coefficient (Wildman–Crippen LogP) is 8.49. The number of likely N-dealkylation sites (tertiary alicyclic amines) is 1. The number of aliphatic hydroxyl groups is 2. The minimum Gasteiger partial charge on any atom is -0.393 e. The Labute approximate surface area is 367 Å². The molecule has 5 N–H and O–H groups in total. The zero-order valence-corrected chi connectivity index (χ0v) is 38.8. The first-order valence-electron chi connectivity index (χ1n) is 24.4. The fourth-order valence-corrected chi connectivity index (χ4v) is 15.0. The van der Waals surface area contributed by atoms with Gasteiger partial charge < -0.3 is 31.1 Å². The number of nitrogens with zero attached hydrogens (tertiary/aromatic N) is 1. The van der Waals surface area contributed by atoms with Crippen LogP contribution in [0.4, 0.5) is 0 Å². The quantitative estimate of drug-likeness (QED) is 0.100. The lowest BCUT2D eigenvalue weighted by Crippen LogP contribution is -2.67. The number of allylic oxidation sites excluding steroid dienone is 2. The van der Waals surface area contributed by atoms with Gasteiger partial charge in [-0.2, -0.15) is 0 Å². The summed E-state index contributed by atoms with van der Waals surface area (Å²) in [6, 6.07) is 7.36. The number of aliphatic hydroxyl groups excluding tert-OH is 2. The van der Waals surface area contributed by atoms with E-state index in [1.807, 2.05) is 25.1 Å². The van der Waals surface area contributed by atoms with Crippen LogP contribution in [0.3, 0.4) is 0 Å². The molecule has 338 valence electrons. The third-order valence-corrected chi connectivity index (χ3v) is 18.7. The van der Waals surface area contributed by atoms with E-state index < -0.39 is 0 Å². The minimum atomic E-state index is -0.271. The van der Waals surface area contributed by atoms with Crippen LogP contribution in [0.5, 0.6) is 0 Å². The number of carbonyl (C=O) groups is 3. The van der Waals surface area contributed by atoms with Crippen LogP contribution in [0.15, 0.2) is 47.6 Å². The molecule has 6 fully saturated rings. The molecule has 0 spiro atoms. The monoisotopic (exact) mass is 841 g/mol. The molecule has 9 heteroatoms. The van der Waals surface area contributed by atoms with E-state index in [-0.39, 0.29) is 57.0 Å². The molecule has 1 aromatic rings. The molecule has 1 aliphatic heterocycles. The van der Waals surface area contributed by atoms with Crippen LogP contribution in [0.25, 0.3) is 0 Å². The van der Waals surface area contributed by atoms with Gasteiger partial charge in [0.15, 0.2) is 0 Å². The number of nitrogens with one attached hydrogen (secondary N) is 3. The van der Waals surface area contributed by atoms with Gasteiger partial charge in [0.2, 0.25) is 11.8 Å². The lowest BCUT2D eigenvalue weighted by molar-refractivity contribution is -0.244. The van der Waals surface area contributed by atoms with E-state index in [4.69, 9.17) is 0 Å². The minimum absolute atomic E-state index is 0.0399. The number of carbonyl (C=O) groups excluding carboxylic acids is 3. The van der Waals surface area contributed by atoms with Crippen molar-refractivity contribution in [2.24, 2.45) is 50.7 Å². The lowest BCUT2D eigenvalue weighted by Gasteiger charge is -2.72. The zero-order chi connectivity index (χ0) is 43.8. The van der Waals surface area contributed by atoms with Crippen molar-refractivity contribution in [2.75, 3.05) is 32.7 Å². The normalized spacial score (nSPS) is 36.5. The van der Waals surface area contributed by atoms with Crippen molar-refractivity contribution in [1.29, 1.82) is 0 Å². The molecule has 0 bridgehead atoms. The van der Waals surface area contributed by atoms with E-state index in [0.29, 0.717) is 60.9 Å². The van der Waals surface area contributed by atoms with Crippen molar-refractivity contribution in [3.63, 3.8) is 0 Å². The van der Waals surface area contributed by atoms with Crippen LogP contribution in [0.1, 0.15) is 161 Å². The Balaban J connectivity index is 0.903. The van der Waals surface area contributed by atoms with Crippen molar-refractivity contribution in [3.05, 3.63) is 58.7 Å². The first-order valence-corrected chi connectivity index (χ1v) is 24.4. The maximum Gasteiger partial charge on any atom is 0.251 e. The fourth-order valence-electron chi connectivity index (χ4n) is 15.0. The molecule has 1 aromatic carbocycles. The zero-order valence-electron chi connectivity index (χ0n) is 38.8. The Hall–Kier alpha value is -3.01. The number of fused-ring (bicyclic) bond motifs is 7. The highest BCUT2D eigenvalue weighted by molar-refractivity contribution is 5.94. The second kappa shape index (κ2) is 18.2. The molecule has 61 heavy (non-hydrogen) atoms. The molecule has 8 unspecified atom stereocenters. The van der Waals surface area contributed by atoms with Gasteiger partial charge in [-0.3, -0.25) is 14.4 Å². The maximum absolute atomic E-state index is 14.5. The van der Waals surface area contributed by atoms with Crippen LogP contribution in [0.2, 0.25) is 0 Å². The average Bonchev–Trinajstić information content (AvgIpc) is 3.68. The van der Waals surface area contributed by atoms with E-state index in [9.17, 15) is 24.6 Å². The summed E-state index contributed by atoms with van der Waals surface area (Å²) in [5, 5.41) is 30.3. The third kappa shape index (κ3) is 8.67. The number of benzene rings is 1. The van der Waals surface area contributed by atoms with Crippen molar-refractivity contribution < 1.29 is 24.6 Å². The third-order valence-electron chi connectivity index (χ3n) is 18.7. The molecule has 5 aliphatic carbocycles. The fraction of sp³-hybridized carbons (Fsp3) is 0.750. The Morgan fingerprint density at radius 3 is 2.23 bits per heavy atom. The van der Waals surface area contributed by atoms with E-state index >= 15 is 0 Å². The van der Waals surface area contributed by atoms with Gasteiger partial charge in [0.25, 0.3) is 5.91 Å². The van der Waals surface area contributed by atoms with E-state index in [1.165, 1.54) is 25.7 Å². The highest BCUT2D eigenvalue weighted by Gasteiger charge is 2.70. The standard InChI is InChI=1S/C52H80N4O5/c1-8-10-36(33-35(2)45(59)55-34-37-12-14-38(15-13-37)46(60)53-29-32-56-30-21-39(57)22-31-56)20-28-54-47(61)52-23-9-11-41(52)40-16-17-43-49(5)24-19-44(58)48(3,4)42(49)18-25-51(43,7)50(40,6)26-27-52/h10,12-15,33,39-44,57-58H,8-9,11,16-32,34H2,1-7H3,(H,53,60)(H,54,61)(H,55,59)/b35-33+,36-10-/t40?,41?,42?,43?,44?,49?,50-,51?,52?/m1/s1. The molecule has 6 aliphatic rings. The van der Waals surface area contributed by atoms with Gasteiger partial charge in [-0.15, -0.1) is 0 Å². The number of hydrogen-bond donors (Lipinski definition) is 5. The van der Waals surface area contributed by atoms with E-state index in [1.54, 1.807) is 12.1 Å². The lowest BCUT2D eigenvalue weighted by atomic mass is 9.32.